The van der Waals surface area contributed by atoms with Crippen molar-refractivity contribution in [2.45, 2.75) is 13.0 Å². The van der Waals surface area contributed by atoms with Crippen molar-refractivity contribution in [2.24, 2.45) is 7.05 Å². The monoisotopic (exact) mass is 308 g/mol. The van der Waals surface area contributed by atoms with Crippen molar-refractivity contribution in [3.8, 4) is 5.75 Å². The molecule has 0 radical (unpaired) electrons. The number of amides is 1. The van der Waals surface area contributed by atoms with E-state index in [1.165, 1.54) is 0 Å². The highest BCUT2D eigenvalue weighted by molar-refractivity contribution is 5.86. The zero-order valence-electron chi connectivity index (χ0n) is 13.4. The molecule has 3 rings (SSSR count). The quantitative estimate of drug-likeness (QED) is 0.787. The second kappa shape index (κ2) is 6.57. The van der Waals surface area contributed by atoms with E-state index >= 15 is 0 Å². The first-order valence-corrected chi connectivity index (χ1v) is 7.60. The summed E-state index contributed by atoms with van der Waals surface area (Å²) in [6.45, 7) is 0.510. The molecule has 0 aliphatic rings. The van der Waals surface area contributed by atoms with Crippen molar-refractivity contribution in [2.75, 3.05) is 7.11 Å². The third-order valence-corrected chi connectivity index (χ3v) is 3.96. The van der Waals surface area contributed by atoms with Gasteiger partial charge in [-0.15, -0.1) is 0 Å². The van der Waals surface area contributed by atoms with Gasteiger partial charge in [0.15, 0.2) is 0 Å². The van der Waals surface area contributed by atoms with Crippen LogP contribution in [-0.4, -0.2) is 17.6 Å². The largest absolute Gasteiger partial charge is 0.497 e. The Labute approximate surface area is 135 Å². The molecule has 0 aliphatic carbocycles. The van der Waals surface area contributed by atoms with Crippen LogP contribution in [0.15, 0.2) is 54.7 Å². The van der Waals surface area contributed by atoms with E-state index in [-0.39, 0.29) is 5.91 Å². The van der Waals surface area contributed by atoms with Crippen LogP contribution in [0.3, 0.4) is 0 Å². The Morgan fingerprint density at radius 1 is 1.17 bits per heavy atom. The smallest absolute Gasteiger partial charge is 0.224 e. The number of hydrogen-bond donors (Lipinski definition) is 1. The Balaban J connectivity index is 1.73. The molecule has 0 saturated heterocycles. The van der Waals surface area contributed by atoms with E-state index in [9.17, 15) is 4.79 Å². The van der Waals surface area contributed by atoms with Gasteiger partial charge in [-0.1, -0.05) is 30.3 Å². The zero-order valence-corrected chi connectivity index (χ0v) is 13.4. The number of fused-ring (bicyclic) bond motifs is 1. The molecule has 0 bridgehead atoms. The van der Waals surface area contributed by atoms with E-state index < -0.39 is 0 Å². The van der Waals surface area contributed by atoms with Gasteiger partial charge in [-0.05, 0) is 29.3 Å². The first kappa shape index (κ1) is 15.2. The van der Waals surface area contributed by atoms with Crippen LogP contribution in [0.4, 0.5) is 0 Å². The molecule has 0 unspecified atom stereocenters. The highest BCUT2D eigenvalue weighted by atomic mass is 16.5. The minimum Gasteiger partial charge on any atom is -0.497 e. The van der Waals surface area contributed by atoms with Crippen LogP contribution in [-0.2, 0) is 24.8 Å². The lowest BCUT2D eigenvalue weighted by Crippen LogP contribution is -2.24. The van der Waals surface area contributed by atoms with Crippen molar-refractivity contribution >= 4 is 16.8 Å². The van der Waals surface area contributed by atoms with Gasteiger partial charge >= 0.3 is 0 Å². The van der Waals surface area contributed by atoms with E-state index in [2.05, 4.69) is 9.88 Å². The van der Waals surface area contributed by atoms with Crippen molar-refractivity contribution in [3.05, 3.63) is 65.9 Å². The van der Waals surface area contributed by atoms with Crippen LogP contribution in [0.2, 0.25) is 0 Å². The van der Waals surface area contributed by atoms with Gasteiger partial charge in [-0.25, -0.2) is 0 Å². The lowest BCUT2D eigenvalue weighted by molar-refractivity contribution is -0.120. The Hall–Kier alpha value is -2.75. The third kappa shape index (κ3) is 3.37. The lowest BCUT2D eigenvalue weighted by atomic mass is 10.1. The Morgan fingerprint density at radius 2 is 1.96 bits per heavy atom. The number of rotatable bonds is 5. The molecule has 23 heavy (non-hydrogen) atoms. The predicted octanol–water partition coefficient (Wildman–Crippen LogP) is 3.05. The Morgan fingerprint density at radius 3 is 2.70 bits per heavy atom. The molecule has 1 N–H and O–H groups in total. The number of nitrogens with zero attached hydrogens (tertiary/aromatic N) is 1. The average molecular weight is 308 g/mol. The predicted molar refractivity (Wildman–Crippen MR) is 91.5 cm³/mol. The van der Waals surface area contributed by atoms with E-state index in [0.717, 1.165) is 27.8 Å². The number of carbonyl (C=O) groups is 1. The van der Waals surface area contributed by atoms with Gasteiger partial charge in [0, 0.05) is 30.7 Å². The highest BCUT2D eigenvalue weighted by Crippen LogP contribution is 2.25. The molecule has 1 amide bonds. The van der Waals surface area contributed by atoms with Gasteiger partial charge in [0.05, 0.1) is 13.5 Å². The van der Waals surface area contributed by atoms with Gasteiger partial charge < -0.3 is 14.6 Å². The molecule has 4 nitrogen and oxygen atoms in total. The fourth-order valence-electron chi connectivity index (χ4n) is 2.76. The number of aromatic nitrogens is 1. The van der Waals surface area contributed by atoms with Gasteiger partial charge in [-0.3, -0.25) is 4.79 Å². The normalized spacial score (nSPS) is 10.7. The van der Waals surface area contributed by atoms with Crippen molar-refractivity contribution in [1.29, 1.82) is 0 Å². The van der Waals surface area contributed by atoms with Gasteiger partial charge in [0.1, 0.15) is 5.75 Å². The molecule has 0 fully saturated rings. The lowest BCUT2D eigenvalue weighted by Gasteiger charge is -2.05. The summed E-state index contributed by atoms with van der Waals surface area (Å²) in [4.78, 5) is 12.1. The number of benzene rings is 2. The number of carbonyl (C=O) groups excluding carboxylic acids is 1. The Kier molecular flexibility index (Phi) is 4.33. The van der Waals surface area contributed by atoms with E-state index in [1.54, 1.807) is 7.11 Å². The highest BCUT2D eigenvalue weighted by Gasteiger charge is 2.09. The molecule has 0 atom stereocenters. The summed E-state index contributed by atoms with van der Waals surface area (Å²) in [7, 11) is 3.66. The minimum absolute atomic E-state index is 0.0242. The van der Waals surface area contributed by atoms with Gasteiger partial charge in [-0.2, -0.15) is 0 Å². The fraction of sp³-hybridized carbons (Fsp3) is 0.211. The maximum Gasteiger partial charge on any atom is 0.224 e. The van der Waals surface area contributed by atoms with Crippen LogP contribution in [0.25, 0.3) is 10.9 Å². The van der Waals surface area contributed by atoms with Crippen LogP contribution < -0.4 is 10.1 Å². The van der Waals surface area contributed by atoms with Gasteiger partial charge in [0.25, 0.3) is 0 Å². The second-order valence-electron chi connectivity index (χ2n) is 5.59. The maximum atomic E-state index is 12.1. The molecule has 2 aromatic carbocycles. The Bertz CT molecular complexity index is 822. The molecule has 0 aliphatic heterocycles. The fourth-order valence-corrected chi connectivity index (χ4v) is 2.76. The van der Waals surface area contributed by atoms with Crippen LogP contribution in [0.5, 0.6) is 5.75 Å². The van der Waals surface area contributed by atoms with Crippen molar-refractivity contribution < 1.29 is 9.53 Å². The van der Waals surface area contributed by atoms with Crippen LogP contribution in [0.1, 0.15) is 11.1 Å². The zero-order chi connectivity index (χ0) is 16.2. The topological polar surface area (TPSA) is 43.3 Å². The molecular weight excluding hydrogens is 288 g/mol. The van der Waals surface area contributed by atoms with Crippen LogP contribution >= 0.6 is 0 Å². The molecule has 1 aromatic heterocycles. The summed E-state index contributed by atoms with van der Waals surface area (Å²) in [5.41, 5.74) is 3.23. The summed E-state index contributed by atoms with van der Waals surface area (Å²) in [6, 6.07) is 15.7. The van der Waals surface area contributed by atoms with Crippen molar-refractivity contribution in [1.82, 2.24) is 9.88 Å². The first-order chi connectivity index (χ1) is 11.2. The van der Waals surface area contributed by atoms with Gasteiger partial charge in [0.2, 0.25) is 5.91 Å². The summed E-state index contributed by atoms with van der Waals surface area (Å²) in [5.74, 6) is 0.844. The van der Waals surface area contributed by atoms with E-state index in [0.29, 0.717) is 13.0 Å². The molecule has 4 heteroatoms. The summed E-state index contributed by atoms with van der Waals surface area (Å²) in [5, 5.41) is 4.10. The summed E-state index contributed by atoms with van der Waals surface area (Å²) in [6.07, 6.45) is 2.45. The molecule has 1 heterocycles. The number of aryl methyl sites for hydroxylation is 1. The molecule has 0 saturated carbocycles. The molecule has 0 spiro atoms. The SMILES string of the molecule is COc1ccc2c(c1)c(CNC(=O)Cc1ccccc1)cn2C. The number of nitrogens with one attached hydrogen (secondary N) is 1. The second-order valence-corrected chi connectivity index (χ2v) is 5.59. The maximum absolute atomic E-state index is 12.1. The molecular formula is C19H20N2O2. The average Bonchev–Trinajstić information content (AvgIpc) is 2.89. The summed E-state index contributed by atoms with van der Waals surface area (Å²) >= 11 is 0. The molecule has 118 valence electrons. The molecule has 3 aromatic rings. The third-order valence-electron chi connectivity index (χ3n) is 3.96. The minimum atomic E-state index is 0.0242. The number of methoxy groups -OCH3 is 1. The van der Waals surface area contributed by atoms with Crippen LogP contribution in [0, 0.1) is 0 Å². The number of hydrogen-bond acceptors (Lipinski definition) is 2. The first-order valence-electron chi connectivity index (χ1n) is 7.60. The van der Waals surface area contributed by atoms with E-state index in [4.69, 9.17) is 4.74 Å². The standard InChI is InChI=1S/C19H20N2O2/c1-21-13-15(17-11-16(23-2)8-9-18(17)21)12-20-19(22)10-14-6-4-3-5-7-14/h3-9,11,13H,10,12H2,1-2H3,(H,20,22). The number of ether oxygens (including phenoxy) is 1. The van der Waals surface area contributed by atoms with Crippen molar-refractivity contribution in [3.63, 3.8) is 0 Å². The van der Waals surface area contributed by atoms with E-state index in [1.807, 2.05) is 61.8 Å². The summed E-state index contributed by atoms with van der Waals surface area (Å²) < 4.78 is 7.36.